The lowest BCUT2D eigenvalue weighted by atomic mass is 10.2. The Balaban J connectivity index is 1.63. The maximum atomic E-state index is 12.1. The van der Waals surface area contributed by atoms with E-state index in [4.69, 9.17) is 5.11 Å². The zero-order valence-electron chi connectivity index (χ0n) is 13.9. The predicted molar refractivity (Wildman–Crippen MR) is 99.2 cm³/mol. The number of nitrogens with zero attached hydrogens (tertiary/aromatic N) is 3. The van der Waals surface area contributed by atoms with Crippen LogP contribution in [0.25, 0.3) is 11.4 Å². The van der Waals surface area contributed by atoms with Crippen molar-refractivity contribution in [2.24, 2.45) is 7.05 Å². The van der Waals surface area contributed by atoms with Crippen LogP contribution in [0.15, 0.2) is 59.8 Å². The number of nitrogens with one attached hydrogen (secondary N) is 1. The molecule has 3 aromatic rings. The van der Waals surface area contributed by atoms with Crippen molar-refractivity contribution in [3.8, 4) is 11.4 Å². The number of amides is 1. The first-order valence-corrected chi connectivity index (χ1v) is 8.74. The Morgan fingerprint density at radius 3 is 2.62 bits per heavy atom. The van der Waals surface area contributed by atoms with Gasteiger partial charge in [-0.15, -0.1) is 10.2 Å². The molecule has 2 N–H and O–H groups in total. The molecule has 1 aromatic heterocycles. The number of hydrogen-bond acceptors (Lipinski definition) is 5. The minimum Gasteiger partial charge on any atom is -0.478 e. The van der Waals surface area contributed by atoms with Crippen LogP contribution in [0.2, 0.25) is 0 Å². The standard InChI is InChI=1S/C18H16N4O3S/c1-22-16(12-6-3-2-4-7-12)20-21-18(22)26-11-15(23)19-14-9-5-8-13(10-14)17(24)25/h2-10H,11H2,1H3,(H,19,23)(H,24,25). The van der Waals surface area contributed by atoms with Crippen LogP contribution in [0.3, 0.4) is 0 Å². The highest BCUT2D eigenvalue weighted by molar-refractivity contribution is 7.99. The number of thioether (sulfide) groups is 1. The van der Waals surface area contributed by atoms with Gasteiger partial charge < -0.3 is 15.0 Å². The fourth-order valence-corrected chi connectivity index (χ4v) is 3.05. The molecule has 0 atom stereocenters. The van der Waals surface area contributed by atoms with Gasteiger partial charge >= 0.3 is 5.97 Å². The molecular weight excluding hydrogens is 352 g/mol. The minimum absolute atomic E-state index is 0.122. The average Bonchev–Trinajstić information content (AvgIpc) is 3.01. The first-order valence-electron chi connectivity index (χ1n) is 7.75. The summed E-state index contributed by atoms with van der Waals surface area (Å²) in [6.45, 7) is 0. The first-order chi connectivity index (χ1) is 12.5. The van der Waals surface area contributed by atoms with Gasteiger partial charge in [-0.05, 0) is 18.2 Å². The van der Waals surface area contributed by atoms with Gasteiger partial charge in [0.1, 0.15) is 0 Å². The van der Waals surface area contributed by atoms with E-state index in [0.717, 1.165) is 11.4 Å². The number of aromatic carboxylic acids is 1. The zero-order valence-corrected chi connectivity index (χ0v) is 14.7. The molecule has 2 aromatic carbocycles. The van der Waals surface area contributed by atoms with Crippen LogP contribution in [0, 0.1) is 0 Å². The highest BCUT2D eigenvalue weighted by Crippen LogP contribution is 2.22. The highest BCUT2D eigenvalue weighted by Gasteiger charge is 2.13. The highest BCUT2D eigenvalue weighted by atomic mass is 32.2. The van der Waals surface area contributed by atoms with E-state index in [-0.39, 0.29) is 17.2 Å². The van der Waals surface area contributed by atoms with Crippen molar-refractivity contribution in [1.29, 1.82) is 0 Å². The Hall–Kier alpha value is -3.13. The third-order valence-corrected chi connectivity index (χ3v) is 4.61. The molecule has 0 aliphatic carbocycles. The number of carbonyl (C=O) groups is 2. The van der Waals surface area contributed by atoms with E-state index in [9.17, 15) is 9.59 Å². The molecule has 0 radical (unpaired) electrons. The van der Waals surface area contributed by atoms with Gasteiger partial charge in [0.05, 0.1) is 11.3 Å². The van der Waals surface area contributed by atoms with Crippen LogP contribution in [0.4, 0.5) is 5.69 Å². The van der Waals surface area contributed by atoms with Gasteiger partial charge in [0.2, 0.25) is 5.91 Å². The summed E-state index contributed by atoms with van der Waals surface area (Å²) in [5.41, 5.74) is 1.51. The van der Waals surface area contributed by atoms with Crippen molar-refractivity contribution in [3.05, 3.63) is 60.2 Å². The largest absolute Gasteiger partial charge is 0.478 e. The maximum absolute atomic E-state index is 12.1. The number of carboxylic acids is 1. The maximum Gasteiger partial charge on any atom is 0.335 e. The SMILES string of the molecule is Cn1c(SCC(=O)Nc2cccc(C(=O)O)c2)nnc1-c1ccccc1. The van der Waals surface area contributed by atoms with Crippen LogP contribution in [0.1, 0.15) is 10.4 Å². The Kier molecular flexibility index (Phi) is 5.33. The van der Waals surface area contributed by atoms with Crippen molar-refractivity contribution >= 4 is 29.3 Å². The summed E-state index contributed by atoms with van der Waals surface area (Å²) < 4.78 is 1.83. The topological polar surface area (TPSA) is 97.1 Å². The fourth-order valence-electron chi connectivity index (χ4n) is 2.34. The second kappa shape index (κ2) is 7.83. The molecule has 0 aliphatic rings. The summed E-state index contributed by atoms with van der Waals surface area (Å²) in [6.07, 6.45) is 0. The number of benzene rings is 2. The van der Waals surface area contributed by atoms with Gasteiger partial charge in [-0.2, -0.15) is 0 Å². The van der Waals surface area contributed by atoms with E-state index in [0.29, 0.717) is 10.8 Å². The molecule has 1 amide bonds. The summed E-state index contributed by atoms with van der Waals surface area (Å²) >= 11 is 1.26. The Morgan fingerprint density at radius 2 is 1.88 bits per heavy atom. The Labute approximate surface area is 154 Å². The number of aromatic nitrogens is 3. The summed E-state index contributed by atoms with van der Waals surface area (Å²) in [4.78, 5) is 23.1. The first kappa shape index (κ1) is 17.7. The lowest BCUT2D eigenvalue weighted by molar-refractivity contribution is -0.113. The summed E-state index contributed by atoms with van der Waals surface area (Å²) in [5.74, 6) is -0.426. The van der Waals surface area contributed by atoms with Crippen molar-refractivity contribution < 1.29 is 14.7 Å². The third kappa shape index (κ3) is 4.09. The molecule has 7 nitrogen and oxygen atoms in total. The summed E-state index contributed by atoms with van der Waals surface area (Å²) in [5, 5.41) is 20.6. The lowest BCUT2D eigenvalue weighted by Crippen LogP contribution is -2.15. The van der Waals surface area contributed by atoms with Crippen molar-refractivity contribution in [3.63, 3.8) is 0 Å². The van der Waals surface area contributed by atoms with Crippen molar-refractivity contribution in [1.82, 2.24) is 14.8 Å². The molecule has 8 heteroatoms. The molecule has 0 aliphatic heterocycles. The van der Waals surface area contributed by atoms with E-state index >= 15 is 0 Å². The second-order valence-electron chi connectivity index (χ2n) is 5.45. The molecule has 0 unspecified atom stereocenters. The Bertz CT molecular complexity index is 941. The van der Waals surface area contributed by atoms with Crippen LogP contribution in [-0.4, -0.2) is 37.5 Å². The number of hydrogen-bond donors (Lipinski definition) is 2. The molecule has 0 saturated heterocycles. The number of rotatable bonds is 6. The van der Waals surface area contributed by atoms with Crippen LogP contribution in [-0.2, 0) is 11.8 Å². The van der Waals surface area contributed by atoms with Crippen LogP contribution >= 0.6 is 11.8 Å². The van der Waals surface area contributed by atoms with Crippen LogP contribution in [0.5, 0.6) is 0 Å². The molecule has 0 saturated carbocycles. The molecule has 3 rings (SSSR count). The number of anilines is 1. The van der Waals surface area contributed by atoms with Crippen molar-refractivity contribution in [2.75, 3.05) is 11.1 Å². The molecule has 0 bridgehead atoms. The molecular formula is C18H16N4O3S. The van der Waals surface area contributed by atoms with Gasteiger partial charge in [-0.25, -0.2) is 4.79 Å². The zero-order chi connectivity index (χ0) is 18.5. The van der Waals surface area contributed by atoms with Gasteiger partial charge in [0, 0.05) is 18.3 Å². The quantitative estimate of drug-likeness (QED) is 0.649. The smallest absolute Gasteiger partial charge is 0.335 e. The average molecular weight is 368 g/mol. The van der Waals surface area contributed by atoms with E-state index in [2.05, 4.69) is 15.5 Å². The van der Waals surface area contributed by atoms with Gasteiger partial charge in [0.25, 0.3) is 0 Å². The number of carboxylic acid groups (broad SMARTS) is 1. The van der Waals surface area contributed by atoms with E-state index < -0.39 is 5.97 Å². The summed E-state index contributed by atoms with van der Waals surface area (Å²) in [7, 11) is 1.85. The van der Waals surface area contributed by atoms with Gasteiger partial charge in [0.15, 0.2) is 11.0 Å². The minimum atomic E-state index is -1.04. The van der Waals surface area contributed by atoms with E-state index in [1.165, 1.54) is 23.9 Å². The monoisotopic (exact) mass is 368 g/mol. The second-order valence-corrected chi connectivity index (χ2v) is 6.40. The fraction of sp³-hybridized carbons (Fsp3) is 0.111. The van der Waals surface area contributed by atoms with E-state index in [1.54, 1.807) is 12.1 Å². The molecule has 1 heterocycles. The molecule has 0 fully saturated rings. The van der Waals surface area contributed by atoms with Gasteiger partial charge in [-0.3, -0.25) is 4.79 Å². The molecule has 132 valence electrons. The lowest BCUT2D eigenvalue weighted by Gasteiger charge is -2.06. The normalized spacial score (nSPS) is 10.5. The Morgan fingerprint density at radius 1 is 1.12 bits per heavy atom. The van der Waals surface area contributed by atoms with Gasteiger partial charge in [-0.1, -0.05) is 48.2 Å². The van der Waals surface area contributed by atoms with Crippen molar-refractivity contribution in [2.45, 2.75) is 5.16 Å². The summed E-state index contributed by atoms with van der Waals surface area (Å²) in [6, 6.07) is 15.8. The predicted octanol–water partition coefficient (Wildman–Crippen LogP) is 2.91. The third-order valence-electron chi connectivity index (χ3n) is 3.59. The molecule has 0 spiro atoms. The van der Waals surface area contributed by atoms with E-state index in [1.807, 2.05) is 41.9 Å². The van der Waals surface area contributed by atoms with Crippen LogP contribution < -0.4 is 5.32 Å². The molecule has 26 heavy (non-hydrogen) atoms. The number of carbonyl (C=O) groups excluding carboxylic acids is 1.